The second-order valence-electron chi connectivity index (χ2n) is 6.80. The van der Waals surface area contributed by atoms with E-state index in [2.05, 4.69) is 0 Å². The molecule has 1 spiro atoms. The van der Waals surface area contributed by atoms with Crippen molar-refractivity contribution in [3.63, 3.8) is 0 Å². The standard InChI is InChI=1S/C20H22O6/c1-23-17-6-3-12(8-16(17)22)7-14-10-25-19(20(14)11-26-20)13-4-5-15(21)18(9-13)24-2/h3-6,8-9,14,19,21-22H,7,10-11H2,1-2H3/t14-,19-,20+/m0/s1. The molecule has 2 saturated heterocycles. The zero-order valence-corrected chi connectivity index (χ0v) is 14.8. The van der Waals surface area contributed by atoms with E-state index in [9.17, 15) is 10.2 Å². The van der Waals surface area contributed by atoms with Crippen LogP contribution in [0.15, 0.2) is 36.4 Å². The Labute approximate surface area is 151 Å². The Hall–Kier alpha value is -2.44. The van der Waals surface area contributed by atoms with Crippen LogP contribution in [0.3, 0.4) is 0 Å². The van der Waals surface area contributed by atoms with Gasteiger partial charge in [-0.1, -0.05) is 12.1 Å². The number of hydrogen-bond acceptors (Lipinski definition) is 6. The maximum Gasteiger partial charge on any atom is 0.160 e. The fourth-order valence-electron chi connectivity index (χ4n) is 3.79. The minimum absolute atomic E-state index is 0.102. The number of ether oxygens (including phenoxy) is 4. The first-order valence-electron chi connectivity index (χ1n) is 8.55. The molecule has 0 aliphatic carbocycles. The minimum Gasteiger partial charge on any atom is -0.504 e. The molecule has 138 valence electrons. The van der Waals surface area contributed by atoms with Crippen LogP contribution in [0.25, 0.3) is 0 Å². The molecular formula is C20H22O6. The van der Waals surface area contributed by atoms with E-state index in [1.165, 1.54) is 14.2 Å². The maximum absolute atomic E-state index is 10.00. The molecule has 0 bridgehead atoms. The van der Waals surface area contributed by atoms with Crippen LogP contribution in [0, 0.1) is 5.92 Å². The highest BCUT2D eigenvalue weighted by Crippen LogP contribution is 2.54. The number of epoxide rings is 1. The summed E-state index contributed by atoms with van der Waals surface area (Å²) in [4.78, 5) is 0. The number of phenolic OH excluding ortho intramolecular Hbond substituents is 2. The highest BCUT2D eigenvalue weighted by molar-refractivity contribution is 5.44. The number of hydrogen-bond donors (Lipinski definition) is 2. The Morgan fingerprint density at radius 3 is 2.46 bits per heavy atom. The second kappa shape index (κ2) is 6.37. The van der Waals surface area contributed by atoms with Crippen LogP contribution < -0.4 is 9.47 Å². The number of phenols is 2. The molecule has 0 unspecified atom stereocenters. The summed E-state index contributed by atoms with van der Waals surface area (Å²) in [6.07, 6.45) is 0.539. The number of rotatable bonds is 5. The lowest BCUT2D eigenvalue weighted by atomic mass is 9.84. The van der Waals surface area contributed by atoms with Gasteiger partial charge in [0.2, 0.25) is 0 Å². The fourth-order valence-corrected chi connectivity index (χ4v) is 3.79. The molecule has 6 heteroatoms. The SMILES string of the molecule is COc1ccc(C[C@H]2CO[C@@H](c3ccc(O)c(OC)c3)[C@@]23CO3)cc1O. The predicted molar refractivity (Wildman–Crippen MR) is 93.9 cm³/mol. The fraction of sp³-hybridized carbons (Fsp3) is 0.400. The lowest BCUT2D eigenvalue weighted by Crippen LogP contribution is -2.27. The van der Waals surface area contributed by atoms with E-state index in [4.69, 9.17) is 18.9 Å². The number of benzene rings is 2. The molecule has 0 radical (unpaired) electrons. The Morgan fingerprint density at radius 2 is 1.81 bits per heavy atom. The Kier molecular flexibility index (Phi) is 4.17. The zero-order chi connectivity index (χ0) is 18.3. The molecule has 3 atom stereocenters. The largest absolute Gasteiger partial charge is 0.504 e. The molecule has 0 saturated carbocycles. The van der Waals surface area contributed by atoms with Gasteiger partial charge < -0.3 is 29.2 Å². The van der Waals surface area contributed by atoms with Crippen molar-refractivity contribution < 1.29 is 29.2 Å². The molecule has 6 nitrogen and oxygen atoms in total. The minimum atomic E-state index is -0.364. The van der Waals surface area contributed by atoms with Crippen molar-refractivity contribution >= 4 is 0 Å². The Balaban J connectivity index is 1.55. The van der Waals surface area contributed by atoms with Crippen LogP contribution in [-0.2, 0) is 15.9 Å². The first-order valence-corrected chi connectivity index (χ1v) is 8.55. The molecule has 2 aromatic rings. The van der Waals surface area contributed by atoms with Crippen molar-refractivity contribution in [1.82, 2.24) is 0 Å². The highest BCUT2D eigenvalue weighted by atomic mass is 16.6. The molecule has 2 N–H and O–H groups in total. The summed E-state index contributed by atoms with van der Waals surface area (Å²) in [5.74, 6) is 1.30. The summed E-state index contributed by atoms with van der Waals surface area (Å²) in [6.45, 7) is 1.20. The van der Waals surface area contributed by atoms with Crippen molar-refractivity contribution in [2.75, 3.05) is 27.4 Å². The van der Waals surface area contributed by atoms with Crippen LogP contribution in [0.2, 0.25) is 0 Å². The van der Waals surface area contributed by atoms with Gasteiger partial charge in [-0.2, -0.15) is 0 Å². The quantitative estimate of drug-likeness (QED) is 0.800. The van der Waals surface area contributed by atoms with Crippen molar-refractivity contribution in [2.24, 2.45) is 5.92 Å². The van der Waals surface area contributed by atoms with Crippen molar-refractivity contribution in [3.05, 3.63) is 47.5 Å². The van der Waals surface area contributed by atoms with Crippen molar-refractivity contribution in [3.8, 4) is 23.0 Å². The van der Waals surface area contributed by atoms with E-state index in [-0.39, 0.29) is 29.1 Å². The number of methoxy groups -OCH3 is 2. The first-order chi connectivity index (χ1) is 12.6. The Bertz CT molecular complexity index is 814. The lowest BCUT2D eigenvalue weighted by molar-refractivity contribution is 0.0758. The van der Waals surface area contributed by atoms with Gasteiger partial charge in [0.1, 0.15) is 11.7 Å². The van der Waals surface area contributed by atoms with E-state index >= 15 is 0 Å². The molecule has 2 heterocycles. The molecular weight excluding hydrogens is 336 g/mol. The predicted octanol–water partition coefficient (Wildman–Crippen LogP) is 2.81. The molecule has 26 heavy (non-hydrogen) atoms. The normalized spacial score (nSPS) is 26.8. The van der Waals surface area contributed by atoms with E-state index in [1.807, 2.05) is 12.1 Å². The van der Waals surface area contributed by atoms with Gasteiger partial charge in [-0.05, 0) is 41.8 Å². The molecule has 2 aliphatic rings. The Morgan fingerprint density at radius 1 is 1.04 bits per heavy atom. The summed E-state index contributed by atoms with van der Waals surface area (Å²) < 4.78 is 22.2. The van der Waals surface area contributed by atoms with Crippen LogP contribution in [0.5, 0.6) is 23.0 Å². The zero-order valence-electron chi connectivity index (χ0n) is 14.8. The summed E-state index contributed by atoms with van der Waals surface area (Å²) in [5, 5.41) is 19.8. The summed E-state index contributed by atoms with van der Waals surface area (Å²) >= 11 is 0. The second-order valence-corrected chi connectivity index (χ2v) is 6.80. The average Bonchev–Trinajstić information content (AvgIpc) is 3.36. The molecule has 0 aromatic heterocycles. The monoisotopic (exact) mass is 358 g/mol. The van der Waals surface area contributed by atoms with Gasteiger partial charge in [0, 0.05) is 5.92 Å². The van der Waals surface area contributed by atoms with Crippen LogP contribution >= 0.6 is 0 Å². The molecule has 0 amide bonds. The summed E-state index contributed by atoms with van der Waals surface area (Å²) in [7, 11) is 3.06. The summed E-state index contributed by atoms with van der Waals surface area (Å²) in [5.41, 5.74) is 1.57. The molecule has 2 aromatic carbocycles. The van der Waals surface area contributed by atoms with Gasteiger partial charge in [0.15, 0.2) is 23.0 Å². The maximum atomic E-state index is 10.00. The van der Waals surface area contributed by atoms with Crippen LogP contribution in [-0.4, -0.2) is 43.2 Å². The van der Waals surface area contributed by atoms with Gasteiger partial charge in [0.25, 0.3) is 0 Å². The number of aromatic hydroxyl groups is 2. The summed E-state index contributed by atoms with van der Waals surface area (Å²) in [6, 6.07) is 10.7. The topological polar surface area (TPSA) is 80.7 Å². The van der Waals surface area contributed by atoms with E-state index in [1.54, 1.807) is 24.3 Å². The van der Waals surface area contributed by atoms with E-state index in [0.29, 0.717) is 24.7 Å². The van der Waals surface area contributed by atoms with Gasteiger partial charge >= 0.3 is 0 Å². The lowest BCUT2D eigenvalue weighted by Gasteiger charge is -2.20. The van der Waals surface area contributed by atoms with Gasteiger partial charge in [-0.15, -0.1) is 0 Å². The third kappa shape index (κ3) is 2.75. The third-order valence-corrected chi connectivity index (χ3v) is 5.31. The van der Waals surface area contributed by atoms with E-state index < -0.39 is 0 Å². The average molecular weight is 358 g/mol. The van der Waals surface area contributed by atoms with Crippen LogP contribution in [0.1, 0.15) is 17.2 Å². The van der Waals surface area contributed by atoms with Crippen molar-refractivity contribution in [2.45, 2.75) is 18.1 Å². The molecule has 2 fully saturated rings. The van der Waals surface area contributed by atoms with Crippen molar-refractivity contribution in [1.29, 1.82) is 0 Å². The highest BCUT2D eigenvalue weighted by Gasteiger charge is 2.62. The van der Waals surface area contributed by atoms with E-state index in [0.717, 1.165) is 17.5 Å². The molecule has 4 rings (SSSR count). The van der Waals surface area contributed by atoms with Gasteiger partial charge in [0.05, 0.1) is 27.4 Å². The molecule has 2 aliphatic heterocycles. The first kappa shape index (κ1) is 17.0. The smallest absolute Gasteiger partial charge is 0.160 e. The van der Waals surface area contributed by atoms with Gasteiger partial charge in [-0.25, -0.2) is 0 Å². The third-order valence-electron chi connectivity index (χ3n) is 5.31. The van der Waals surface area contributed by atoms with Crippen LogP contribution in [0.4, 0.5) is 0 Å². The van der Waals surface area contributed by atoms with Gasteiger partial charge in [-0.3, -0.25) is 0 Å².